The van der Waals surface area contributed by atoms with E-state index in [9.17, 15) is 9.59 Å². The van der Waals surface area contributed by atoms with Crippen LogP contribution in [0.3, 0.4) is 0 Å². The average Bonchev–Trinajstić information content (AvgIpc) is 2.71. The van der Waals surface area contributed by atoms with Crippen molar-refractivity contribution in [2.75, 3.05) is 5.32 Å². The number of anilines is 1. The smallest absolute Gasteiger partial charge is 0.224 e. The Hall–Kier alpha value is -1.64. The van der Waals surface area contributed by atoms with Crippen molar-refractivity contribution in [2.45, 2.75) is 110 Å². The first-order chi connectivity index (χ1) is 13.8. The summed E-state index contributed by atoms with van der Waals surface area (Å²) in [6, 6.07) is 6.98. The lowest BCUT2D eigenvalue weighted by atomic mass is 10.0. The molecule has 0 aromatic heterocycles. The zero-order valence-corrected chi connectivity index (χ0v) is 18.0. The van der Waals surface area contributed by atoms with Crippen molar-refractivity contribution in [3.63, 3.8) is 0 Å². The van der Waals surface area contributed by atoms with Crippen molar-refractivity contribution in [1.82, 2.24) is 0 Å². The van der Waals surface area contributed by atoms with Gasteiger partial charge in [-0.1, -0.05) is 96.8 Å². The molecule has 0 bridgehead atoms. The van der Waals surface area contributed by atoms with E-state index in [4.69, 9.17) is 0 Å². The molecule has 0 unspecified atom stereocenters. The fourth-order valence-corrected chi connectivity index (χ4v) is 3.53. The topological polar surface area (TPSA) is 46.2 Å². The summed E-state index contributed by atoms with van der Waals surface area (Å²) in [6.45, 7) is 2.27. The molecule has 0 saturated carbocycles. The van der Waals surface area contributed by atoms with E-state index >= 15 is 0 Å². The van der Waals surface area contributed by atoms with Gasteiger partial charge in [0.25, 0.3) is 0 Å². The molecule has 0 aliphatic carbocycles. The summed E-state index contributed by atoms with van der Waals surface area (Å²) in [7, 11) is 0. The number of hydrogen-bond acceptors (Lipinski definition) is 2. The van der Waals surface area contributed by atoms with Crippen LogP contribution in [0, 0.1) is 0 Å². The van der Waals surface area contributed by atoms with Crippen LogP contribution in [0.4, 0.5) is 5.69 Å². The maximum Gasteiger partial charge on any atom is 0.224 e. The highest BCUT2D eigenvalue weighted by molar-refractivity contribution is 5.91. The molecule has 0 heterocycles. The molecule has 1 N–H and O–H groups in total. The molecule has 0 fully saturated rings. The van der Waals surface area contributed by atoms with Gasteiger partial charge in [0.1, 0.15) is 6.29 Å². The third-order valence-corrected chi connectivity index (χ3v) is 5.34. The van der Waals surface area contributed by atoms with E-state index in [0.29, 0.717) is 12.0 Å². The summed E-state index contributed by atoms with van der Waals surface area (Å²) in [5.74, 6) is 0.0635. The number of amides is 1. The molecule has 0 atom stereocenters. The molecule has 1 aromatic carbocycles. The minimum atomic E-state index is 0.0635. The number of unbranched alkanes of at least 4 members (excludes halogenated alkanes) is 14. The van der Waals surface area contributed by atoms with Gasteiger partial charge in [0.15, 0.2) is 0 Å². The third kappa shape index (κ3) is 13.5. The van der Waals surface area contributed by atoms with Gasteiger partial charge in [0.05, 0.1) is 0 Å². The van der Waals surface area contributed by atoms with Gasteiger partial charge in [0, 0.05) is 17.7 Å². The second kappa shape index (κ2) is 17.5. The normalized spacial score (nSPS) is 10.8. The molecule has 1 rings (SSSR count). The lowest BCUT2D eigenvalue weighted by Gasteiger charge is -2.06. The van der Waals surface area contributed by atoms with Crippen LogP contribution < -0.4 is 5.32 Å². The largest absolute Gasteiger partial charge is 0.326 e. The Kier molecular flexibility index (Phi) is 15.2. The second-order valence-corrected chi connectivity index (χ2v) is 7.99. The summed E-state index contributed by atoms with van der Waals surface area (Å²) in [6.07, 6.45) is 21.4. The molecule has 0 aliphatic rings. The lowest BCUT2D eigenvalue weighted by molar-refractivity contribution is -0.116. The monoisotopic (exact) mass is 387 g/mol. The van der Waals surface area contributed by atoms with E-state index < -0.39 is 0 Å². The van der Waals surface area contributed by atoms with Crippen molar-refractivity contribution >= 4 is 17.9 Å². The molecule has 0 radical (unpaired) electrons. The van der Waals surface area contributed by atoms with Crippen LogP contribution in [0.2, 0.25) is 0 Å². The van der Waals surface area contributed by atoms with Crippen molar-refractivity contribution in [2.24, 2.45) is 0 Å². The first-order valence-electron chi connectivity index (χ1n) is 11.6. The summed E-state index contributed by atoms with van der Waals surface area (Å²) >= 11 is 0. The second-order valence-electron chi connectivity index (χ2n) is 7.99. The predicted octanol–water partition coefficient (Wildman–Crippen LogP) is 7.70. The van der Waals surface area contributed by atoms with Gasteiger partial charge in [-0.15, -0.1) is 0 Å². The highest BCUT2D eigenvalue weighted by Crippen LogP contribution is 2.14. The van der Waals surface area contributed by atoms with E-state index in [1.807, 2.05) is 0 Å². The molecule has 3 nitrogen and oxygen atoms in total. The summed E-state index contributed by atoms with van der Waals surface area (Å²) in [4.78, 5) is 22.5. The van der Waals surface area contributed by atoms with Gasteiger partial charge in [-0.25, -0.2) is 0 Å². The number of carbonyl (C=O) groups is 2. The van der Waals surface area contributed by atoms with Crippen LogP contribution in [0.5, 0.6) is 0 Å². The SMILES string of the molecule is CCCCCCCCCCCCCCCCCC(=O)Nc1ccc(C=O)cc1. The summed E-state index contributed by atoms with van der Waals surface area (Å²) in [5, 5.41) is 2.89. The summed E-state index contributed by atoms with van der Waals surface area (Å²) < 4.78 is 0. The molecular weight excluding hydrogens is 346 g/mol. The third-order valence-electron chi connectivity index (χ3n) is 5.34. The minimum Gasteiger partial charge on any atom is -0.326 e. The first-order valence-corrected chi connectivity index (χ1v) is 11.6. The van der Waals surface area contributed by atoms with Crippen LogP contribution in [-0.4, -0.2) is 12.2 Å². The fraction of sp³-hybridized carbons (Fsp3) is 0.680. The van der Waals surface area contributed by atoms with Crippen LogP contribution in [-0.2, 0) is 4.79 Å². The molecular formula is C25H41NO2. The van der Waals surface area contributed by atoms with Crippen LogP contribution in [0.1, 0.15) is 120 Å². The first kappa shape index (κ1) is 24.4. The Morgan fingerprint density at radius 3 is 1.57 bits per heavy atom. The Morgan fingerprint density at radius 2 is 1.14 bits per heavy atom. The van der Waals surface area contributed by atoms with E-state index in [2.05, 4.69) is 12.2 Å². The molecule has 1 amide bonds. The standard InChI is InChI=1S/C25H41NO2/c1-2-3-4-5-6-7-8-9-10-11-12-13-14-15-16-17-25(28)26-24-20-18-23(22-27)19-21-24/h18-22H,2-17H2,1H3,(H,26,28). The number of aldehydes is 1. The van der Waals surface area contributed by atoms with Crippen LogP contribution in [0.25, 0.3) is 0 Å². The molecule has 0 saturated heterocycles. The van der Waals surface area contributed by atoms with Crippen molar-refractivity contribution in [3.8, 4) is 0 Å². The lowest BCUT2D eigenvalue weighted by Crippen LogP contribution is -2.10. The maximum atomic E-state index is 11.9. The molecule has 28 heavy (non-hydrogen) atoms. The Morgan fingerprint density at radius 1 is 0.714 bits per heavy atom. The zero-order valence-electron chi connectivity index (χ0n) is 18.0. The van der Waals surface area contributed by atoms with Gasteiger partial charge in [-0.3, -0.25) is 9.59 Å². The fourth-order valence-electron chi connectivity index (χ4n) is 3.53. The highest BCUT2D eigenvalue weighted by atomic mass is 16.1. The predicted molar refractivity (Wildman–Crippen MR) is 120 cm³/mol. The van der Waals surface area contributed by atoms with Crippen molar-refractivity contribution in [1.29, 1.82) is 0 Å². The number of hydrogen-bond donors (Lipinski definition) is 1. The highest BCUT2D eigenvalue weighted by Gasteiger charge is 2.02. The van der Waals surface area contributed by atoms with Crippen molar-refractivity contribution < 1.29 is 9.59 Å². The summed E-state index contributed by atoms with van der Waals surface area (Å²) in [5.41, 5.74) is 1.39. The number of carbonyl (C=O) groups excluding carboxylic acids is 2. The van der Waals surface area contributed by atoms with E-state index in [1.54, 1.807) is 24.3 Å². The maximum absolute atomic E-state index is 11.9. The number of benzene rings is 1. The van der Waals surface area contributed by atoms with Gasteiger partial charge in [-0.05, 0) is 30.7 Å². The van der Waals surface area contributed by atoms with Crippen LogP contribution >= 0.6 is 0 Å². The van der Waals surface area contributed by atoms with E-state index in [1.165, 1.54) is 83.5 Å². The van der Waals surface area contributed by atoms with E-state index in [0.717, 1.165) is 24.8 Å². The van der Waals surface area contributed by atoms with Gasteiger partial charge in [0.2, 0.25) is 5.91 Å². The van der Waals surface area contributed by atoms with Gasteiger partial charge < -0.3 is 5.32 Å². The molecule has 3 heteroatoms. The van der Waals surface area contributed by atoms with E-state index in [-0.39, 0.29) is 5.91 Å². The van der Waals surface area contributed by atoms with Gasteiger partial charge in [-0.2, -0.15) is 0 Å². The quantitative estimate of drug-likeness (QED) is 0.207. The number of rotatable bonds is 18. The Balaban J connectivity index is 1.84. The molecule has 1 aromatic rings. The Labute approximate surface area is 172 Å². The average molecular weight is 388 g/mol. The number of nitrogens with one attached hydrogen (secondary N) is 1. The minimum absolute atomic E-state index is 0.0635. The van der Waals surface area contributed by atoms with Crippen molar-refractivity contribution in [3.05, 3.63) is 29.8 Å². The van der Waals surface area contributed by atoms with Crippen LogP contribution in [0.15, 0.2) is 24.3 Å². The zero-order chi connectivity index (χ0) is 20.3. The Bertz CT molecular complexity index is 510. The molecule has 0 spiro atoms. The molecule has 0 aliphatic heterocycles. The van der Waals surface area contributed by atoms with Gasteiger partial charge >= 0.3 is 0 Å². The molecule has 158 valence electrons.